The molecule has 2 saturated heterocycles. The second-order valence-electron chi connectivity index (χ2n) is 4.86. The SMILES string of the molecule is O=C1CN(S(=O)(=O)N2CCCCCC2)CCCN1. The lowest BCUT2D eigenvalue weighted by Gasteiger charge is -2.27. The van der Waals surface area contributed by atoms with E-state index in [-0.39, 0.29) is 12.5 Å². The maximum Gasteiger partial charge on any atom is 0.282 e. The molecule has 2 aliphatic heterocycles. The zero-order valence-electron chi connectivity index (χ0n) is 10.6. The van der Waals surface area contributed by atoms with Crippen molar-refractivity contribution in [3.8, 4) is 0 Å². The van der Waals surface area contributed by atoms with Crippen LogP contribution in [0.5, 0.6) is 0 Å². The van der Waals surface area contributed by atoms with Crippen LogP contribution in [0.2, 0.25) is 0 Å². The third-order valence-electron chi connectivity index (χ3n) is 3.44. The highest BCUT2D eigenvalue weighted by molar-refractivity contribution is 7.86. The standard InChI is InChI=1S/C11H21N3O3S/c15-11-10-14(9-5-6-12-11)18(16,17)13-7-3-1-2-4-8-13/h1-10H2,(H,12,15). The second kappa shape index (κ2) is 5.99. The van der Waals surface area contributed by atoms with Gasteiger partial charge in [0.05, 0.1) is 6.54 Å². The lowest BCUT2D eigenvalue weighted by atomic mass is 10.2. The van der Waals surface area contributed by atoms with Gasteiger partial charge in [-0.15, -0.1) is 0 Å². The molecule has 2 aliphatic rings. The van der Waals surface area contributed by atoms with Crippen molar-refractivity contribution in [1.82, 2.24) is 13.9 Å². The van der Waals surface area contributed by atoms with Gasteiger partial charge in [-0.3, -0.25) is 4.79 Å². The molecule has 0 aromatic rings. The summed E-state index contributed by atoms with van der Waals surface area (Å²) in [5.41, 5.74) is 0. The molecular weight excluding hydrogens is 254 g/mol. The first kappa shape index (κ1) is 13.8. The Kier molecular flexibility index (Phi) is 4.58. The second-order valence-corrected chi connectivity index (χ2v) is 6.79. The molecule has 0 unspecified atom stereocenters. The summed E-state index contributed by atoms with van der Waals surface area (Å²) in [7, 11) is -3.46. The van der Waals surface area contributed by atoms with E-state index in [0.29, 0.717) is 32.6 Å². The normalized spacial score (nSPS) is 25.2. The first-order valence-electron chi connectivity index (χ1n) is 6.62. The molecule has 0 aromatic carbocycles. The van der Waals surface area contributed by atoms with Gasteiger partial charge in [0.2, 0.25) is 5.91 Å². The van der Waals surface area contributed by atoms with Gasteiger partial charge in [0.1, 0.15) is 0 Å². The Balaban J connectivity index is 2.10. The molecule has 1 amide bonds. The van der Waals surface area contributed by atoms with Crippen LogP contribution in [0.25, 0.3) is 0 Å². The Labute approximate surface area is 109 Å². The van der Waals surface area contributed by atoms with Crippen molar-refractivity contribution in [2.75, 3.05) is 32.7 Å². The molecule has 0 radical (unpaired) electrons. The van der Waals surface area contributed by atoms with Crippen LogP contribution in [0.3, 0.4) is 0 Å². The Hall–Kier alpha value is -0.660. The third-order valence-corrected chi connectivity index (χ3v) is 5.43. The number of carbonyl (C=O) groups is 1. The van der Waals surface area contributed by atoms with Gasteiger partial charge in [0.25, 0.3) is 10.2 Å². The van der Waals surface area contributed by atoms with E-state index in [9.17, 15) is 13.2 Å². The Morgan fingerprint density at radius 2 is 1.50 bits per heavy atom. The molecule has 0 aromatic heterocycles. The minimum absolute atomic E-state index is 0.0428. The fourth-order valence-electron chi connectivity index (χ4n) is 2.41. The van der Waals surface area contributed by atoms with Gasteiger partial charge in [0.15, 0.2) is 0 Å². The molecule has 0 aliphatic carbocycles. The van der Waals surface area contributed by atoms with Crippen LogP contribution < -0.4 is 5.32 Å². The number of rotatable bonds is 2. The number of hydrogen-bond acceptors (Lipinski definition) is 3. The summed E-state index contributed by atoms with van der Waals surface area (Å²) < 4.78 is 27.8. The van der Waals surface area contributed by atoms with Crippen molar-refractivity contribution in [2.24, 2.45) is 0 Å². The number of hydrogen-bond donors (Lipinski definition) is 1. The maximum atomic E-state index is 12.5. The van der Waals surface area contributed by atoms with Crippen LogP contribution in [0.15, 0.2) is 0 Å². The first-order valence-corrected chi connectivity index (χ1v) is 8.02. The number of nitrogens with one attached hydrogen (secondary N) is 1. The lowest BCUT2D eigenvalue weighted by Crippen LogP contribution is -2.46. The summed E-state index contributed by atoms with van der Waals surface area (Å²) >= 11 is 0. The molecule has 2 heterocycles. The van der Waals surface area contributed by atoms with E-state index in [0.717, 1.165) is 25.7 Å². The van der Waals surface area contributed by atoms with E-state index < -0.39 is 10.2 Å². The molecular formula is C11H21N3O3S. The highest BCUT2D eigenvalue weighted by Crippen LogP contribution is 2.17. The van der Waals surface area contributed by atoms with Gasteiger partial charge < -0.3 is 5.32 Å². The van der Waals surface area contributed by atoms with Crippen molar-refractivity contribution >= 4 is 16.1 Å². The first-order chi connectivity index (χ1) is 8.60. The van der Waals surface area contributed by atoms with Gasteiger partial charge in [0, 0.05) is 26.2 Å². The van der Waals surface area contributed by atoms with Crippen LogP contribution >= 0.6 is 0 Å². The highest BCUT2D eigenvalue weighted by atomic mass is 32.2. The molecule has 104 valence electrons. The monoisotopic (exact) mass is 275 g/mol. The lowest BCUT2D eigenvalue weighted by molar-refractivity contribution is -0.120. The molecule has 0 saturated carbocycles. The van der Waals surface area contributed by atoms with Crippen LogP contribution in [0.1, 0.15) is 32.1 Å². The number of carbonyl (C=O) groups excluding carboxylic acids is 1. The van der Waals surface area contributed by atoms with Gasteiger partial charge in [-0.1, -0.05) is 12.8 Å². The smallest absolute Gasteiger partial charge is 0.282 e. The number of nitrogens with zero attached hydrogens (tertiary/aromatic N) is 2. The minimum Gasteiger partial charge on any atom is -0.355 e. The zero-order chi connectivity index (χ0) is 13.0. The average Bonchev–Trinajstić information content (AvgIpc) is 2.71. The molecule has 0 spiro atoms. The van der Waals surface area contributed by atoms with Crippen molar-refractivity contribution in [1.29, 1.82) is 0 Å². The van der Waals surface area contributed by atoms with Crippen LogP contribution in [-0.2, 0) is 15.0 Å². The molecule has 2 rings (SSSR count). The van der Waals surface area contributed by atoms with Crippen molar-refractivity contribution in [3.05, 3.63) is 0 Å². The summed E-state index contributed by atoms with van der Waals surface area (Å²) in [6, 6.07) is 0. The maximum absolute atomic E-state index is 12.5. The van der Waals surface area contributed by atoms with E-state index in [4.69, 9.17) is 0 Å². The van der Waals surface area contributed by atoms with Gasteiger partial charge >= 0.3 is 0 Å². The van der Waals surface area contributed by atoms with Crippen molar-refractivity contribution in [3.63, 3.8) is 0 Å². The third kappa shape index (κ3) is 3.21. The number of amides is 1. The van der Waals surface area contributed by atoms with E-state index in [1.807, 2.05) is 0 Å². The summed E-state index contributed by atoms with van der Waals surface area (Å²) in [6.45, 7) is 2.11. The molecule has 6 nitrogen and oxygen atoms in total. The zero-order valence-corrected chi connectivity index (χ0v) is 11.4. The average molecular weight is 275 g/mol. The van der Waals surface area contributed by atoms with E-state index in [1.54, 1.807) is 4.31 Å². The van der Waals surface area contributed by atoms with E-state index in [2.05, 4.69) is 5.32 Å². The van der Waals surface area contributed by atoms with Crippen molar-refractivity contribution in [2.45, 2.75) is 32.1 Å². The molecule has 0 bridgehead atoms. The molecule has 1 N–H and O–H groups in total. The highest BCUT2D eigenvalue weighted by Gasteiger charge is 2.32. The van der Waals surface area contributed by atoms with Crippen LogP contribution in [0, 0.1) is 0 Å². The fourth-order valence-corrected chi connectivity index (χ4v) is 4.10. The predicted molar refractivity (Wildman–Crippen MR) is 68.2 cm³/mol. The molecule has 2 fully saturated rings. The van der Waals surface area contributed by atoms with E-state index in [1.165, 1.54) is 4.31 Å². The quantitative estimate of drug-likeness (QED) is 0.767. The Morgan fingerprint density at radius 3 is 2.17 bits per heavy atom. The van der Waals surface area contributed by atoms with Crippen molar-refractivity contribution < 1.29 is 13.2 Å². The summed E-state index contributed by atoms with van der Waals surface area (Å²) in [6.07, 6.45) is 4.69. The Morgan fingerprint density at radius 1 is 0.889 bits per heavy atom. The predicted octanol–water partition coefficient (Wildman–Crippen LogP) is -0.0709. The summed E-state index contributed by atoms with van der Waals surface area (Å²) in [4.78, 5) is 11.5. The largest absolute Gasteiger partial charge is 0.355 e. The van der Waals surface area contributed by atoms with Crippen LogP contribution in [0.4, 0.5) is 0 Å². The summed E-state index contributed by atoms with van der Waals surface area (Å²) in [5.74, 6) is -0.203. The van der Waals surface area contributed by atoms with Crippen LogP contribution in [-0.4, -0.2) is 55.7 Å². The topological polar surface area (TPSA) is 69.7 Å². The molecule has 18 heavy (non-hydrogen) atoms. The minimum atomic E-state index is -3.46. The van der Waals surface area contributed by atoms with Gasteiger partial charge in [-0.05, 0) is 19.3 Å². The fraction of sp³-hybridized carbons (Fsp3) is 0.909. The van der Waals surface area contributed by atoms with Gasteiger partial charge in [-0.25, -0.2) is 0 Å². The van der Waals surface area contributed by atoms with Gasteiger partial charge in [-0.2, -0.15) is 17.0 Å². The Bertz CT molecular complexity index is 388. The molecule has 0 atom stereocenters. The van der Waals surface area contributed by atoms with E-state index >= 15 is 0 Å². The summed E-state index contributed by atoms with van der Waals surface area (Å²) in [5, 5.41) is 2.70. The molecule has 7 heteroatoms.